The number of benzene rings is 2. The molecule has 122 valence electrons. The van der Waals surface area contributed by atoms with E-state index < -0.39 is 0 Å². The van der Waals surface area contributed by atoms with E-state index >= 15 is 0 Å². The van der Waals surface area contributed by atoms with E-state index in [0.29, 0.717) is 11.3 Å². The van der Waals surface area contributed by atoms with Gasteiger partial charge in [0, 0.05) is 36.1 Å². The molecule has 1 aromatic heterocycles. The van der Waals surface area contributed by atoms with E-state index in [4.69, 9.17) is 4.74 Å². The van der Waals surface area contributed by atoms with Gasteiger partial charge in [0.1, 0.15) is 5.75 Å². The van der Waals surface area contributed by atoms with E-state index in [1.807, 2.05) is 29.2 Å². The Bertz CT molecular complexity index is 898. The molecule has 4 heteroatoms. The van der Waals surface area contributed by atoms with Gasteiger partial charge in [0.25, 0.3) is 5.91 Å². The highest BCUT2D eigenvalue weighted by molar-refractivity contribution is 5.97. The van der Waals surface area contributed by atoms with Crippen molar-refractivity contribution >= 4 is 16.8 Å². The van der Waals surface area contributed by atoms with Gasteiger partial charge in [-0.25, -0.2) is 0 Å². The van der Waals surface area contributed by atoms with Crippen LogP contribution in [0.15, 0.2) is 48.5 Å². The van der Waals surface area contributed by atoms with Crippen LogP contribution in [0, 0.1) is 0 Å². The molecular weight excluding hydrogens is 300 g/mol. The molecule has 0 saturated carbocycles. The minimum absolute atomic E-state index is 0.0434. The monoisotopic (exact) mass is 320 g/mol. The van der Waals surface area contributed by atoms with Gasteiger partial charge in [-0.3, -0.25) is 4.79 Å². The van der Waals surface area contributed by atoms with Crippen LogP contribution in [0.2, 0.25) is 0 Å². The van der Waals surface area contributed by atoms with Gasteiger partial charge >= 0.3 is 0 Å². The molecule has 1 aliphatic heterocycles. The number of nitrogens with one attached hydrogen (secondary N) is 1. The lowest BCUT2D eigenvalue weighted by atomic mass is 10.1. The van der Waals surface area contributed by atoms with Crippen LogP contribution in [0.3, 0.4) is 0 Å². The van der Waals surface area contributed by atoms with Crippen LogP contribution in [0.25, 0.3) is 10.9 Å². The molecule has 1 N–H and O–H groups in total. The molecule has 4 nitrogen and oxygen atoms in total. The van der Waals surface area contributed by atoms with Crippen molar-refractivity contribution < 1.29 is 9.53 Å². The number of hydrogen-bond acceptors (Lipinski definition) is 2. The number of ether oxygens (including phenoxy) is 1. The zero-order valence-corrected chi connectivity index (χ0v) is 13.7. The lowest BCUT2D eigenvalue weighted by molar-refractivity contribution is 0.0759. The number of amides is 1. The lowest BCUT2D eigenvalue weighted by Gasteiger charge is -2.21. The van der Waals surface area contributed by atoms with Crippen LogP contribution < -0.4 is 4.74 Å². The molecule has 1 aliphatic rings. The SMILES string of the molecule is COc1ccccc1C(=O)N1CCc2[nH]c3ccccc3c2CC1. The molecule has 0 saturated heterocycles. The zero-order chi connectivity index (χ0) is 16.5. The Hall–Kier alpha value is -2.75. The van der Waals surface area contributed by atoms with Crippen LogP contribution in [-0.2, 0) is 12.8 Å². The maximum Gasteiger partial charge on any atom is 0.257 e. The smallest absolute Gasteiger partial charge is 0.257 e. The van der Waals surface area contributed by atoms with Gasteiger partial charge in [-0.05, 0) is 30.2 Å². The summed E-state index contributed by atoms with van der Waals surface area (Å²) in [4.78, 5) is 18.4. The fraction of sp³-hybridized carbons (Fsp3) is 0.250. The predicted octanol–water partition coefficient (Wildman–Crippen LogP) is 3.42. The molecule has 0 aliphatic carbocycles. The number of carbonyl (C=O) groups excluding carboxylic acids is 1. The maximum atomic E-state index is 12.9. The number of methoxy groups -OCH3 is 1. The number of aromatic nitrogens is 1. The third-order valence-electron chi connectivity index (χ3n) is 4.79. The normalized spacial score (nSPS) is 14.3. The number of para-hydroxylation sites is 2. The number of rotatable bonds is 2. The second-order valence-electron chi connectivity index (χ2n) is 6.12. The van der Waals surface area contributed by atoms with Crippen LogP contribution in [-0.4, -0.2) is 36.0 Å². The Kier molecular flexibility index (Phi) is 3.73. The van der Waals surface area contributed by atoms with Crippen LogP contribution in [0.5, 0.6) is 5.75 Å². The Morgan fingerprint density at radius 1 is 1.04 bits per heavy atom. The second kappa shape index (κ2) is 6.04. The maximum absolute atomic E-state index is 12.9. The quantitative estimate of drug-likeness (QED) is 0.786. The molecule has 2 heterocycles. The Balaban J connectivity index is 1.60. The third kappa shape index (κ3) is 2.44. The molecule has 0 bridgehead atoms. The first kappa shape index (κ1) is 14.8. The molecule has 0 spiro atoms. The summed E-state index contributed by atoms with van der Waals surface area (Å²) in [5.41, 5.74) is 4.43. The summed E-state index contributed by atoms with van der Waals surface area (Å²) in [6.07, 6.45) is 1.73. The first-order valence-corrected chi connectivity index (χ1v) is 8.28. The second-order valence-corrected chi connectivity index (χ2v) is 6.12. The molecule has 0 fully saturated rings. The highest BCUT2D eigenvalue weighted by atomic mass is 16.5. The lowest BCUT2D eigenvalue weighted by Crippen LogP contribution is -2.33. The summed E-state index contributed by atoms with van der Waals surface area (Å²) >= 11 is 0. The molecule has 1 amide bonds. The van der Waals surface area contributed by atoms with Gasteiger partial charge in [-0.2, -0.15) is 0 Å². The minimum atomic E-state index is 0.0434. The van der Waals surface area contributed by atoms with Crippen LogP contribution in [0.4, 0.5) is 0 Å². The number of carbonyl (C=O) groups is 1. The van der Waals surface area contributed by atoms with Crippen molar-refractivity contribution in [1.82, 2.24) is 9.88 Å². The number of H-pyrrole nitrogens is 1. The molecule has 0 unspecified atom stereocenters. The molecule has 3 aromatic rings. The highest BCUT2D eigenvalue weighted by Gasteiger charge is 2.23. The molecule has 24 heavy (non-hydrogen) atoms. The molecule has 4 rings (SSSR count). The first-order chi connectivity index (χ1) is 11.8. The number of aromatic amines is 1. The van der Waals surface area contributed by atoms with Gasteiger partial charge in [0.15, 0.2) is 0 Å². The average Bonchev–Trinajstić information content (AvgIpc) is 2.85. The van der Waals surface area contributed by atoms with E-state index in [-0.39, 0.29) is 5.91 Å². The fourth-order valence-electron chi connectivity index (χ4n) is 3.55. The van der Waals surface area contributed by atoms with Crippen LogP contribution in [0.1, 0.15) is 21.6 Å². The molecule has 2 aromatic carbocycles. The predicted molar refractivity (Wildman–Crippen MR) is 94.6 cm³/mol. The van der Waals surface area contributed by atoms with Crippen molar-refractivity contribution in [3.8, 4) is 5.75 Å². The summed E-state index contributed by atoms with van der Waals surface area (Å²) in [5, 5.41) is 1.28. The first-order valence-electron chi connectivity index (χ1n) is 8.28. The largest absolute Gasteiger partial charge is 0.496 e. The van der Waals surface area contributed by atoms with Crippen molar-refractivity contribution in [3.05, 3.63) is 65.4 Å². The van der Waals surface area contributed by atoms with Crippen molar-refractivity contribution in [1.29, 1.82) is 0 Å². The standard InChI is InChI=1S/C20H20N2O2/c1-24-19-9-5-3-7-16(19)20(23)22-12-10-15-14-6-2-4-8-17(14)21-18(15)11-13-22/h2-9,21H,10-13H2,1H3. The molecule has 0 radical (unpaired) electrons. The van der Waals surface area contributed by atoms with E-state index in [2.05, 4.69) is 29.2 Å². The molecular formula is C20H20N2O2. The van der Waals surface area contributed by atoms with E-state index in [9.17, 15) is 4.79 Å². The number of nitrogens with zero attached hydrogens (tertiary/aromatic N) is 1. The summed E-state index contributed by atoms with van der Waals surface area (Å²) in [6.45, 7) is 1.45. The Morgan fingerprint density at radius 3 is 2.67 bits per heavy atom. The van der Waals surface area contributed by atoms with E-state index in [1.54, 1.807) is 7.11 Å². The highest BCUT2D eigenvalue weighted by Crippen LogP contribution is 2.27. The minimum Gasteiger partial charge on any atom is -0.496 e. The summed E-state index contributed by atoms with van der Waals surface area (Å²) in [6, 6.07) is 15.8. The van der Waals surface area contributed by atoms with Gasteiger partial charge in [0.05, 0.1) is 12.7 Å². The van der Waals surface area contributed by atoms with Gasteiger partial charge in [0.2, 0.25) is 0 Å². The van der Waals surface area contributed by atoms with Crippen molar-refractivity contribution in [2.24, 2.45) is 0 Å². The van der Waals surface area contributed by atoms with Crippen molar-refractivity contribution in [2.75, 3.05) is 20.2 Å². The zero-order valence-electron chi connectivity index (χ0n) is 13.7. The topological polar surface area (TPSA) is 45.3 Å². The Morgan fingerprint density at radius 2 is 1.79 bits per heavy atom. The third-order valence-corrected chi connectivity index (χ3v) is 4.79. The van der Waals surface area contributed by atoms with Crippen molar-refractivity contribution in [3.63, 3.8) is 0 Å². The summed E-state index contributed by atoms with van der Waals surface area (Å²) in [7, 11) is 1.60. The van der Waals surface area contributed by atoms with Gasteiger partial charge in [-0.1, -0.05) is 30.3 Å². The number of fused-ring (bicyclic) bond motifs is 3. The average molecular weight is 320 g/mol. The van der Waals surface area contributed by atoms with Gasteiger partial charge < -0.3 is 14.6 Å². The Labute approximate surface area is 141 Å². The summed E-state index contributed by atoms with van der Waals surface area (Å²) in [5.74, 6) is 0.678. The van der Waals surface area contributed by atoms with Gasteiger partial charge in [-0.15, -0.1) is 0 Å². The summed E-state index contributed by atoms with van der Waals surface area (Å²) < 4.78 is 5.34. The van der Waals surface area contributed by atoms with Crippen LogP contribution >= 0.6 is 0 Å². The fourth-order valence-corrected chi connectivity index (χ4v) is 3.55. The molecule has 0 atom stereocenters. The van der Waals surface area contributed by atoms with E-state index in [0.717, 1.165) is 25.9 Å². The van der Waals surface area contributed by atoms with E-state index in [1.165, 1.54) is 22.2 Å². The number of hydrogen-bond donors (Lipinski definition) is 1. The van der Waals surface area contributed by atoms with Crippen molar-refractivity contribution in [2.45, 2.75) is 12.8 Å².